The van der Waals surface area contributed by atoms with E-state index in [4.69, 9.17) is 0 Å². The molecule has 1 aliphatic rings. The molecule has 0 bridgehead atoms. The minimum absolute atomic E-state index is 0.306. The SMILES string of the molecule is CCC(CCN1CCN(S(=O)(=O)C(C)C)CC1)C(C)C. The van der Waals surface area contributed by atoms with Crippen molar-refractivity contribution >= 4 is 10.0 Å². The number of nitrogens with zero attached hydrogens (tertiary/aromatic N) is 2. The van der Waals surface area contributed by atoms with Gasteiger partial charge >= 0.3 is 0 Å². The standard InChI is InChI=1S/C15H32N2O2S/c1-6-15(13(2)3)7-8-16-9-11-17(12-10-16)20(18,19)14(4)5/h13-15H,6-12H2,1-5H3. The molecule has 0 N–H and O–H groups in total. The molecular weight excluding hydrogens is 272 g/mol. The van der Waals surface area contributed by atoms with Gasteiger partial charge in [0, 0.05) is 26.2 Å². The van der Waals surface area contributed by atoms with Gasteiger partial charge in [0.15, 0.2) is 0 Å². The van der Waals surface area contributed by atoms with Crippen molar-refractivity contribution in [1.82, 2.24) is 9.21 Å². The zero-order valence-electron chi connectivity index (χ0n) is 13.8. The lowest BCUT2D eigenvalue weighted by atomic mass is 9.90. The Morgan fingerprint density at radius 3 is 1.95 bits per heavy atom. The van der Waals surface area contributed by atoms with Crippen molar-refractivity contribution in [1.29, 1.82) is 0 Å². The van der Waals surface area contributed by atoms with Crippen LogP contribution in [0.2, 0.25) is 0 Å². The van der Waals surface area contributed by atoms with Gasteiger partial charge in [0.1, 0.15) is 0 Å². The highest BCUT2D eigenvalue weighted by Crippen LogP contribution is 2.20. The third kappa shape index (κ3) is 4.71. The number of hydrogen-bond donors (Lipinski definition) is 0. The minimum Gasteiger partial charge on any atom is -0.301 e. The predicted molar refractivity (Wildman–Crippen MR) is 85.3 cm³/mol. The van der Waals surface area contributed by atoms with E-state index in [0.29, 0.717) is 13.1 Å². The maximum Gasteiger partial charge on any atom is 0.216 e. The molecule has 1 atom stereocenters. The van der Waals surface area contributed by atoms with E-state index in [1.165, 1.54) is 12.8 Å². The number of rotatable bonds is 7. The molecule has 0 aliphatic carbocycles. The van der Waals surface area contributed by atoms with Gasteiger partial charge in [0.05, 0.1) is 5.25 Å². The van der Waals surface area contributed by atoms with Crippen LogP contribution in [-0.4, -0.2) is 55.6 Å². The maximum atomic E-state index is 12.1. The first-order chi connectivity index (χ1) is 9.28. The predicted octanol–water partition coefficient (Wildman–Crippen LogP) is 2.41. The van der Waals surface area contributed by atoms with E-state index >= 15 is 0 Å². The van der Waals surface area contributed by atoms with E-state index in [1.54, 1.807) is 18.2 Å². The van der Waals surface area contributed by atoms with Crippen molar-refractivity contribution in [2.75, 3.05) is 32.7 Å². The van der Waals surface area contributed by atoms with Crippen molar-refractivity contribution < 1.29 is 8.42 Å². The molecule has 1 unspecified atom stereocenters. The van der Waals surface area contributed by atoms with Crippen molar-refractivity contribution in [2.24, 2.45) is 11.8 Å². The average Bonchev–Trinajstić information content (AvgIpc) is 2.39. The Labute approximate surface area is 125 Å². The van der Waals surface area contributed by atoms with Gasteiger partial charge in [-0.2, -0.15) is 4.31 Å². The van der Waals surface area contributed by atoms with Crippen LogP contribution < -0.4 is 0 Å². The Morgan fingerprint density at radius 2 is 1.55 bits per heavy atom. The van der Waals surface area contributed by atoms with Gasteiger partial charge in [-0.1, -0.05) is 27.2 Å². The second-order valence-corrected chi connectivity index (χ2v) is 9.02. The largest absolute Gasteiger partial charge is 0.301 e. The fourth-order valence-corrected chi connectivity index (χ4v) is 4.13. The van der Waals surface area contributed by atoms with Crippen LogP contribution in [0, 0.1) is 11.8 Å². The van der Waals surface area contributed by atoms with E-state index in [2.05, 4.69) is 25.7 Å². The zero-order chi connectivity index (χ0) is 15.3. The molecule has 0 aromatic heterocycles. The first-order valence-corrected chi connectivity index (χ1v) is 9.50. The molecule has 1 heterocycles. The Kier molecular flexibility index (Phi) is 6.95. The quantitative estimate of drug-likeness (QED) is 0.725. The molecule has 1 saturated heterocycles. The molecule has 5 heteroatoms. The lowest BCUT2D eigenvalue weighted by Crippen LogP contribution is -2.50. The molecule has 20 heavy (non-hydrogen) atoms. The molecule has 0 amide bonds. The van der Waals surface area contributed by atoms with Crippen LogP contribution in [0.15, 0.2) is 0 Å². The highest BCUT2D eigenvalue weighted by molar-refractivity contribution is 7.89. The van der Waals surface area contributed by atoms with Crippen molar-refractivity contribution in [3.05, 3.63) is 0 Å². The molecule has 1 fully saturated rings. The topological polar surface area (TPSA) is 40.6 Å². The third-order valence-electron chi connectivity index (χ3n) is 4.57. The van der Waals surface area contributed by atoms with Crippen LogP contribution in [-0.2, 0) is 10.0 Å². The second-order valence-electron chi connectivity index (χ2n) is 6.54. The average molecular weight is 305 g/mol. The smallest absolute Gasteiger partial charge is 0.216 e. The van der Waals surface area contributed by atoms with Crippen molar-refractivity contribution in [2.45, 2.75) is 52.7 Å². The van der Waals surface area contributed by atoms with Gasteiger partial charge < -0.3 is 4.90 Å². The highest BCUT2D eigenvalue weighted by atomic mass is 32.2. The molecule has 0 saturated carbocycles. The lowest BCUT2D eigenvalue weighted by molar-refractivity contribution is 0.169. The van der Waals surface area contributed by atoms with E-state index in [-0.39, 0.29) is 5.25 Å². The van der Waals surface area contributed by atoms with Gasteiger partial charge in [-0.05, 0) is 38.6 Å². The molecule has 120 valence electrons. The van der Waals surface area contributed by atoms with Crippen molar-refractivity contribution in [3.8, 4) is 0 Å². The summed E-state index contributed by atoms with van der Waals surface area (Å²) in [5, 5.41) is -0.306. The van der Waals surface area contributed by atoms with Crippen LogP contribution in [0.4, 0.5) is 0 Å². The van der Waals surface area contributed by atoms with E-state index in [9.17, 15) is 8.42 Å². The van der Waals surface area contributed by atoms with Gasteiger partial charge in [-0.25, -0.2) is 8.42 Å². The summed E-state index contributed by atoms with van der Waals surface area (Å²) >= 11 is 0. The molecule has 1 aliphatic heterocycles. The summed E-state index contributed by atoms with van der Waals surface area (Å²) in [6, 6.07) is 0. The number of sulfonamides is 1. The van der Waals surface area contributed by atoms with Gasteiger partial charge in [-0.3, -0.25) is 0 Å². The Morgan fingerprint density at radius 1 is 1.00 bits per heavy atom. The van der Waals surface area contributed by atoms with Crippen LogP contribution in [0.3, 0.4) is 0 Å². The molecule has 1 rings (SSSR count). The Balaban J connectivity index is 2.40. The highest BCUT2D eigenvalue weighted by Gasteiger charge is 2.29. The molecule has 0 aromatic rings. The summed E-state index contributed by atoms with van der Waals surface area (Å²) in [4.78, 5) is 2.41. The molecule has 0 spiro atoms. The summed E-state index contributed by atoms with van der Waals surface area (Å²) in [5.41, 5.74) is 0. The van der Waals surface area contributed by atoms with E-state index in [1.807, 2.05) is 0 Å². The monoisotopic (exact) mass is 304 g/mol. The van der Waals surface area contributed by atoms with Gasteiger partial charge in [0.25, 0.3) is 0 Å². The summed E-state index contributed by atoms with van der Waals surface area (Å²) in [7, 11) is -3.07. The maximum absolute atomic E-state index is 12.1. The number of piperazine rings is 1. The Hall–Kier alpha value is -0.130. The fourth-order valence-electron chi connectivity index (χ4n) is 2.86. The summed E-state index contributed by atoms with van der Waals surface area (Å²) in [6.07, 6.45) is 2.46. The van der Waals surface area contributed by atoms with E-state index < -0.39 is 10.0 Å². The first kappa shape index (κ1) is 17.9. The molecule has 0 aromatic carbocycles. The van der Waals surface area contributed by atoms with E-state index in [0.717, 1.165) is 31.5 Å². The molecule has 4 nitrogen and oxygen atoms in total. The fraction of sp³-hybridized carbons (Fsp3) is 1.00. The lowest BCUT2D eigenvalue weighted by Gasteiger charge is -2.35. The summed E-state index contributed by atoms with van der Waals surface area (Å²) < 4.78 is 25.9. The third-order valence-corrected chi connectivity index (χ3v) is 6.85. The van der Waals surface area contributed by atoms with Crippen molar-refractivity contribution in [3.63, 3.8) is 0 Å². The number of hydrogen-bond acceptors (Lipinski definition) is 3. The first-order valence-electron chi connectivity index (χ1n) is 8.00. The van der Waals surface area contributed by atoms with Crippen LogP contribution in [0.5, 0.6) is 0 Å². The second kappa shape index (κ2) is 7.76. The zero-order valence-corrected chi connectivity index (χ0v) is 14.6. The van der Waals surface area contributed by atoms with Crippen LogP contribution in [0.1, 0.15) is 47.5 Å². The van der Waals surface area contributed by atoms with Gasteiger partial charge in [-0.15, -0.1) is 0 Å². The van der Waals surface area contributed by atoms with Crippen LogP contribution >= 0.6 is 0 Å². The Bertz CT molecular complexity index is 371. The summed E-state index contributed by atoms with van der Waals surface area (Å²) in [5.74, 6) is 1.52. The molecule has 0 radical (unpaired) electrons. The van der Waals surface area contributed by atoms with Gasteiger partial charge in [0.2, 0.25) is 10.0 Å². The normalized spacial score (nSPS) is 20.8. The van der Waals surface area contributed by atoms with Crippen LogP contribution in [0.25, 0.3) is 0 Å². The molecular formula is C15H32N2O2S. The summed E-state index contributed by atoms with van der Waals surface area (Å²) in [6.45, 7) is 14.5. The minimum atomic E-state index is -3.07.